The van der Waals surface area contributed by atoms with Gasteiger partial charge in [0.1, 0.15) is 12.2 Å². The van der Waals surface area contributed by atoms with Crippen molar-refractivity contribution in [2.45, 2.75) is 38.6 Å². The Balaban J connectivity index is 2.68. The van der Waals surface area contributed by atoms with Crippen LogP contribution < -0.4 is 5.73 Å². The molecule has 18 heavy (non-hydrogen) atoms. The van der Waals surface area contributed by atoms with Crippen molar-refractivity contribution in [1.82, 2.24) is 4.31 Å². The summed E-state index contributed by atoms with van der Waals surface area (Å²) in [5.41, 5.74) is 5.08. The first kappa shape index (κ1) is 15.3. The van der Waals surface area contributed by atoms with Crippen molar-refractivity contribution in [2.24, 2.45) is 5.73 Å². The third kappa shape index (κ3) is 3.89. The molecule has 0 radical (unpaired) electrons. The van der Waals surface area contributed by atoms with E-state index in [0.29, 0.717) is 0 Å². The monoisotopic (exact) mass is 282 g/mol. The van der Waals surface area contributed by atoms with Crippen molar-refractivity contribution in [3.63, 3.8) is 0 Å². The fourth-order valence-corrected chi connectivity index (χ4v) is 3.34. The largest absolute Gasteiger partial charge is 0.378 e. The first-order chi connectivity index (χ1) is 8.24. The van der Waals surface area contributed by atoms with Crippen molar-refractivity contribution in [2.75, 3.05) is 18.9 Å². The van der Waals surface area contributed by atoms with Gasteiger partial charge < -0.3 is 10.5 Å². The molecule has 1 heterocycles. The second-order valence-corrected chi connectivity index (χ2v) is 6.60. The molecule has 1 saturated heterocycles. The molecular weight excluding hydrogens is 263 g/mol. The molecule has 2 N–H and O–H groups in total. The summed E-state index contributed by atoms with van der Waals surface area (Å²) in [6.45, 7) is 3.27. The Labute approximate surface area is 106 Å². The lowest BCUT2D eigenvalue weighted by atomic mass is 10.2. The highest BCUT2D eigenvalue weighted by Crippen LogP contribution is 2.23. The number of amides is 1. The van der Waals surface area contributed by atoms with Crippen LogP contribution >= 0.6 is 0 Å². The van der Waals surface area contributed by atoms with Crippen LogP contribution in [0.15, 0.2) is 0 Å². The van der Waals surface area contributed by atoms with Crippen molar-refractivity contribution in [1.29, 1.82) is 0 Å². The third-order valence-corrected chi connectivity index (χ3v) is 4.48. The summed E-state index contributed by atoms with van der Waals surface area (Å²) in [7, 11) is -3.72. The minimum atomic E-state index is -3.72. The van der Waals surface area contributed by atoms with E-state index in [4.69, 9.17) is 10.5 Å². The molecule has 106 valence electrons. The number of sulfonamides is 1. The van der Waals surface area contributed by atoms with Crippen LogP contribution in [0.2, 0.25) is 0 Å². The smallest absolute Gasteiger partial charge is 0.235 e. The van der Waals surface area contributed by atoms with E-state index in [1.165, 1.54) is 0 Å². The number of carbonyl (C=O) groups excluding carboxylic acids is 1. The van der Waals surface area contributed by atoms with E-state index < -0.39 is 28.1 Å². The molecule has 1 aliphatic heterocycles. The number of rotatable bonds is 6. The zero-order valence-electron chi connectivity index (χ0n) is 10.5. The lowest BCUT2D eigenvalue weighted by Crippen LogP contribution is -2.45. The Morgan fingerprint density at radius 3 is 2.67 bits per heavy atom. The van der Waals surface area contributed by atoms with Gasteiger partial charge >= 0.3 is 0 Å². The second kappa shape index (κ2) is 5.94. The Morgan fingerprint density at radius 1 is 1.56 bits per heavy atom. The first-order valence-corrected chi connectivity index (χ1v) is 7.39. The van der Waals surface area contributed by atoms with Gasteiger partial charge in [0.15, 0.2) is 0 Å². The van der Waals surface area contributed by atoms with Gasteiger partial charge in [-0.2, -0.15) is 4.31 Å². The van der Waals surface area contributed by atoms with Crippen LogP contribution in [0.5, 0.6) is 0 Å². The molecule has 0 aromatic rings. The number of alkyl halides is 1. The van der Waals surface area contributed by atoms with Crippen LogP contribution in [0.1, 0.15) is 20.3 Å². The molecule has 1 amide bonds. The summed E-state index contributed by atoms with van der Waals surface area (Å²) >= 11 is 0. The maximum Gasteiger partial charge on any atom is 0.235 e. The second-order valence-electron chi connectivity index (χ2n) is 4.56. The highest BCUT2D eigenvalue weighted by atomic mass is 32.2. The highest BCUT2D eigenvalue weighted by molar-refractivity contribution is 7.89. The van der Waals surface area contributed by atoms with Crippen LogP contribution in [0.4, 0.5) is 4.39 Å². The van der Waals surface area contributed by atoms with Gasteiger partial charge in [0, 0.05) is 13.0 Å². The van der Waals surface area contributed by atoms with Gasteiger partial charge in [-0.05, 0) is 13.8 Å². The zero-order valence-corrected chi connectivity index (χ0v) is 11.3. The number of halogens is 1. The van der Waals surface area contributed by atoms with Crippen LogP contribution in [0, 0.1) is 0 Å². The molecule has 0 aromatic carbocycles. The summed E-state index contributed by atoms with van der Waals surface area (Å²) in [5, 5.41) is 0. The number of primary amides is 1. The van der Waals surface area contributed by atoms with Crippen LogP contribution in [0.25, 0.3) is 0 Å². The van der Waals surface area contributed by atoms with Gasteiger partial charge in [-0.3, -0.25) is 4.79 Å². The molecular formula is C10H19FN2O4S. The molecule has 1 fully saturated rings. The summed E-state index contributed by atoms with van der Waals surface area (Å²) in [6, 6.07) is -1.08. The zero-order chi connectivity index (χ0) is 13.9. The van der Waals surface area contributed by atoms with E-state index in [9.17, 15) is 17.6 Å². The molecule has 0 aliphatic carbocycles. The highest BCUT2D eigenvalue weighted by Gasteiger charge is 2.42. The van der Waals surface area contributed by atoms with E-state index in [1.54, 1.807) is 13.8 Å². The molecule has 1 rings (SSSR count). The standard InChI is InChI=1S/C10H19FN2O4S/c1-7(2)17-3-4-18(15,16)13-6-8(11)5-9(13)10(12)14/h7-9H,3-6H2,1-2H3,(H2,12,14)/t8-,9+/m1/s1. The van der Waals surface area contributed by atoms with E-state index in [-0.39, 0.29) is 31.4 Å². The molecule has 0 saturated carbocycles. The summed E-state index contributed by atoms with van der Waals surface area (Å²) in [5.74, 6) is -1.09. The predicted octanol–water partition coefficient (Wildman–Crippen LogP) is -0.361. The van der Waals surface area contributed by atoms with Crippen molar-refractivity contribution in [3.05, 3.63) is 0 Å². The van der Waals surface area contributed by atoms with E-state index in [1.807, 2.05) is 0 Å². The predicted molar refractivity (Wildman–Crippen MR) is 64.1 cm³/mol. The maximum absolute atomic E-state index is 13.2. The van der Waals surface area contributed by atoms with Gasteiger partial charge in [-0.1, -0.05) is 0 Å². The van der Waals surface area contributed by atoms with Crippen molar-refractivity contribution < 1.29 is 22.3 Å². The fourth-order valence-electron chi connectivity index (χ4n) is 1.83. The summed E-state index contributed by atoms with van der Waals surface area (Å²) in [6.07, 6.45) is -1.59. The van der Waals surface area contributed by atoms with E-state index in [0.717, 1.165) is 4.31 Å². The molecule has 6 nitrogen and oxygen atoms in total. The number of carbonyl (C=O) groups is 1. The van der Waals surface area contributed by atoms with E-state index >= 15 is 0 Å². The van der Waals surface area contributed by atoms with Gasteiger partial charge in [0.05, 0.1) is 18.5 Å². The Hall–Kier alpha value is -0.730. The Bertz CT molecular complexity index is 399. The van der Waals surface area contributed by atoms with Gasteiger partial charge in [0.25, 0.3) is 0 Å². The number of nitrogens with two attached hydrogens (primary N) is 1. The fraction of sp³-hybridized carbons (Fsp3) is 0.900. The van der Waals surface area contributed by atoms with Crippen molar-refractivity contribution >= 4 is 15.9 Å². The van der Waals surface area contributed by atoms with Gasteiger partial charge in [-0.25, -0.2) is 12.8 Å². The van der Waals surface area contributed by atoms with Crippen LogP contribution in [-0.2, 0) is 19.6 Å². The minimum Gasteiger partial charge on any atom is -0.378 e. The number of nitrogens with zero attached hydrogens (tertiary/aromatic N) is 1. The van der Waals surface area contributed by atoms with Gasteiger partial charge in [-0.15, -0.1) is 0 Å². The van der Waals surface area contributed by atoms with E-state index in [2.05, 4.69) is 0 Å². The Morgan fingerprint density at radius 2 is 2.17 bits per heavy atom. The quantitative estimate of drug-likeness (QED) is 0.720. The molecule has 0 aromatic heterocycles. The summed E-state index contributed by atoms with van der Waals surface area (Å²) in [4.78, 5) is 11.1. The molecule has 0 bridgehead atoms. The average molecular weight is 282 g/mol. The van der Waals surface area contributed by atoms with Gasteiger partial charge in [0.2, 0.25) is 15.9 Å². The Kier molecular flexibility index (Phi) is 5.06. The third-order valence-electron chi connectivity index (χ3n) is 2.68. The van der Waals surface area contributed by atoms with Crippen LogP contribution in [0.3, 0.4) is 0 Å². The first-order valence-electron chi connectivity index (χ1n) is 5.78. The number of hydrogen-bond donors (Lipinski definition) is 1. The lowest BCUT2D eigenvalue weighted by molar-refractivity contribution is -0.121. The molecule has 2 atom stereocenters. The molecule has 0 unspecified atom stereocenters. The van der Waals surface area contributed by atoms with Crippen molar-refractivity contribution in [3.8, 4) is 0 Å². The normalized spacial score (nSPS) is 25.8. The number of hydrogen-bond acceptors (Lipinski definition) is 4. The average Bonchev–Trinajstić information content (AvgIpc) is 2.60. The topological polar surface area (TPSA) is 89.7 Å². The molecule has 1 aliphatic rings. The molecule has 0 spiro atoms. The number of ether oxygens (including phenoxy) is 1. The lowest BCUT2D eigenvalue weighted by Gasteiger charge is -2.21. The maximum atomic E-state index is 13.2. The SMILES string of the molecule is CC(C)OCCS(=O)(=O)N1C[C@H](F)C[C@H]1C(N)=O. The minimum absolute atomic E-state index is 0.0128. The summed E-state index contributed by atoms with van der Waals surface area (Å²) < 4.78 is 43.1. The van der Waals surface area contributed by atoms with Crippen LogP contribution in [-0.4, -0.2) is 55.9 Å². The molecule has 8 heteroatoms.